The van der Waals surface area contributed by atoms with Crippen molar-refractivity contribution in [3.8, 4) is 5.75 Å². The first-order valence-corrected chi connectivity index (χ1v) is 4.91. The van der Waals surface area contributed by atoms with Gasteiger partial charge in [-0.25, -0.2) is 9.37 Å². The highest BCUT2D eigenvalue weighted by molar-refractivity contribution is 14.1. The molecule has 0 bridgehead atoms. The highest BCUT2D eigenvalue weighted by Gasteiger charge is 2.33. The predicted octanol–water partition coefficient (Wildman–Crippen LogP) is 2.87. The highest BCUT2D eigenvalue weighted by atomic mass is 127. The van der Waals surface area contributed by atoms with Crippen LogP contribution in [0.3, 0.4) is 0 Å². The van der Waals surface area contributed by atoms with E-state index in [1.165, 1.54) is 22.6 Å². The Morgan fingerprint density at radius 1 is 1.50 bits per heavy atom. The molecule has 1 aromatic rings. The molecule has 0 aliphatic carbocycles. The number of carbonyl (C=O) groups is 1. The van der Waals surface area contributed by atoms with Crippen molar-refractivity contribution >= 4 is 28.9 Å². The molecule has 88 valence electrons. The van der Waals surface area contributed by atoms with Gasteiger partial charge in [0.1, 0.15) is 10.4 Å². The zero-order valence-electron chi connectivity index (χ0n) is 7.52. The van der Waals surface area contributed by atoms with Crippen LogP contribution in [0.5, 0.6) is 5.75 Å². The lowest BCUT2D eigenvalue weighted by Gasteiger charge is -2.12. The van der Waals surface area contributed by atoms with Crippen LogP contribution in [0.2, 0.25) is 0 Å². The predicted molar refractivity (Wildman–Crippen MR) is 53.8 cm³/mol. The Labute approximate surface area is 101 Å². The number of ether oxygens (including phenoxy) is 1. The van der Waals surface area contributed by atoms with Gasteiger partial charge in [-0.2, -0.15) is 0 Å². The number of hydrogen-bond acceptors (Lipinski definition) is 3. The van der Waals surface area contributed by atoms with E-state index in [2.05, 4.69) is 9.72 Å². The molecule has 0 spiro atoms. The van der Waals surface area contributed by atoms with Gasteiger partial charge in [-0.05, 0) is 28.7 Å². The summed E-state index contributed by atoms with van der Waals surface area (Å²) in [6.45, 7) is -0.969. The lowest BCUT2D eigenvalue weighted by Crippen LogP contribution is -2.19. The molecule has 3 nitrogen and oxygen atoms in total. The molecule has 0 N–H and O–H groups in total. The molecule has 1 heterocycles. The maximum absolute atomic E-state index is 12.2. The molecular formula is C8H4F4INO2. The van der Waals surface area contributed by atoms with Gasteiger partial charge >= 0.3 is 6.36 Å². The lowest BCUT2D eigenvalue weighted by atomic mass is 10.2. The zero-order valence-corrected chi connectivity index (χ0v) is 9.67. The van der Waals surface area contributed by atoms with Gasteiger partial charge < -0.3 is 4.74 Å². The Kier molecular flexibility index (Phi) is 4.05. The van der Waals surface area contributed by atoms with Crippen molar-refractivity contribution in [3.05, 3.63) is 21.0 Å². The van der Waals surface area contributed by atoms with Crippen molar-refractivity contribution in [2.75, 3.05) is 0 Å². The van der Waals surface area contributed by atoms with Gasteiger partial charge in [0, 0.05) is 0 Å². The summed E-state index contributed by atoms with van der Waals surface area (Å²) in [6, 6.07) is 0.913. The summed E-state index contributed by atoms with van der Waals surface area (Å²) in [5.74, 6) is -0.708. The van der Waals surface area contributed by atoms with Gasteiger partial charge in [-0.3, -0.25) is 4.79 Å². The minimum atomic E-state index is -4.92. The maximum Gasteiger partial charge on any atom is 0.573 e. The number of aromatic nitrogens is 1. The van der Waals surface area contributed by atoms with E-state index in [1.807, 2.05) is 0 Å². The number of halogens is 5. The molecule has 1 aromatic heterocycles. The molecule has 16 heavy (non-hydrogen) atoms. The summed E-state index contributed by atoms with van der Waals surface area (Å²) in [5, 5.41) is 0. The first kappa shape index (κ1) is 13.1. The monoisotopic (exact) mass is 349 g/mol. The summed E-state index contributed by atoms with van der Waals surface area (Å²) in [4.78, 5) is 14.0. The highest BCUT2D eigenvalue weighted by Crippen LogP contribution is 2.30. The molecule has 0 aromatic carbocycles. The normalized spacial score (nSPS) is 11.3. The Bertz CT molecular complexity index is 408. The Balaban J connectivity index is 3.22. The molecule has 0 atom stereocenters. The van der Waals surface area contributed by atoms with E-state index in [0.29, 0.717) is 0 Å². The minimum absolute atomic E-state index is 0.124. The number of pyridine rings is 1. The first-order chi connectivity index (χ1) is 7.37. The number of nitrogens with zero attached hydrogens (tertiary/aromatic N) is 1. The number of hydrogen-bond donors (Lipinski definition) is 0. The third-order valence-electron chi connectivity index (χ3n) is 1.50. The molecule has 0 saturated heterocycles. The van der Waals surface area contributed by atoms with Crippen molar-refractivity contribution in [2.24, 2.45) is 0 Å². The van der Waals surface area contributed by atoms with Crippen LogP contribution in [-0.4, -0.2) is 17.6 Å². The summed E-state index contributed by atoms with van der Waals surface area (Å²) < 4.78 is 51.6. The molecule has 1 rings (SSSR count). The van der Waals surface area contributed by atoms with Crippen molar-refractivity contribution < 1.29 is 27.1 Å². The molecule has 8 heteroatoms. The number of rotatable bonds is 3. The number of alkyl halides is 4. The van der Waals surface area contributed by atoms with Crippen molar-refractivity contribution in [1.29, 1.82) is 0 Å². The van der Waals surface area contributed by atoms with Gasteiger partial charge in [0.05, 0.1) is 11.3 Å². The lowest BCUT2D eigenvalue weighted by molar-refractivity contribution is -0.275. The third kappa shape index (κ3) is 3.29. The van der Waals surface area contributed by atoms with Crippen LogP contribution in [0.1, 0.15) is 16.1 Å². The summed E-state index contributed by atoms with van der Waals surface area (Å²) in [7, 11) is 0. The zero-order chi connectivity index (χ0) is 12.3. The van der Waals surface area contributed by atoms with Crippen LogP contribution in [0.4, 0.5) is 17.6 Å². The minimum Gasteiger partial charge on any atom is -0.402 e. The van der Waals surface area contributed by atoms with E-state index in [0.717, 1.165) is 6.07 Å². The van der Waals surface area contributed by atoms with Crippen molar-refractivity contribution in [2.45, 2.75) is 13.0 Å². The maximum atomic E-state index is 12.2. The topological polar surface area (TPSA) is 39.2 Å². The smallest absolute Gasteiger partial charge is 0.402 e. The van der Waals surface area contributed by atoms with Crippen LogP contribution in [-0.2, 0) is 6.67 Å². The van der Waals surface area contributed by atoms with Crippen molar-refractivity contribution in [1.82, 2.24) is 4.98 Å². The molecular weight excluding hydrogens is 345 g/mol. The molecule has 0 aliphatic heterocycles. The van der Waals surface area contributed by atoms with Crippen molar-refractivity contribution in [3.63, 3.8) is 0 Å². The van der Waals surface area contributed by atoms with E-state index >= 15 is 0 Å². The summed E-state index contributed by atoms with van der Waals surface area (Å²) in [6.07, 6.45) is -4.76. The van der Waals surface area contributed by atoms with E-state index < -0.39 is 18.8 Å². The van der Waals surface area contributed by atoms with Gasteiger partial charge in [-0.1, -0.05) is 0 Å². The standard InChI is InChI=1S/C8H4F4INO2/c9-2-5-1-4(3-15)6(7(13)14-5)16-8(10,11)12/h1,3H,2H2. The largest absolute Gasteiger partial charge is 0.573 e. The summed E-state index contributed by atoms with van der Waals surface area (Å²) in [5.41, 5.74) is -0.509. The van der Waals surface area contributed by atoms with Gasteiger partial charge in [-0.15, -0.1) is 13.2 Å². The molecule has 0 unspecified atom stereocenters. The fourth-order valence-electron chi connectivity index (χ4n) is 0.946. The molecule has 0 saturated carbocycles. The van der Waals surface area contributed by atoms with Crippen LogP contribution < -0.4 is 4.74 Å². The van der Waals surface area contributed by atoms with Crippen LogP contribution >= 0.6 is 22.6 Å². The Morgan fingerprint density at radius 3 is 2.56 bits per heavy atom. The fraction of sp³-hybridized carbons (Fsp3) is 0.250. The van der Waals surface area contributed by atoms with Crippen LogP contribution in [0.25, 0.3) is 0 Å². The second-order valence-corrected chi connectivity index (χ2v) is 3.64. The molecule has 0 radical (unpaired) electrons. The van der Waals surface area contributed by atoms with E-state index in [4.69, 9.17) is 0 Å². The SMILES string of the molecule is O=Cc1cc(CF)nc(I)c1OC(F)(F)F. The number of carbonyl (C=O) groups excluding carboxylic acids is 1. The third-order valence-corrected chi connectivity index (χ3v) is 2.23. The van der Waals surface area contributed by atoms with Gasteiger partial charge in [0.15, 0.2) is 12.0 Å². The van der Waals surface area contributed by atoms with E-state index in [1.54, 1.807) is 0 Å². The Hall–Kier alpha value is -0.930. The summed E-state index contributed by atoms with van der Waals surface area (Å²) >= 11 is 1.44. The molecule has 0 aliphatic rings. The Morgan fingerprint density at radius 2 is 2.12 bits per heavy atom. The second kappa shape index (κ2) is 4.93. The quantitative estimate of drug-likeness (QED) is 0.365. The van der Waals surface area contributed by atoms with Gasteiger partial charge in [0.2, 0.25) is 0 Å². The average molecular weight is 349 g/mol. The number of aldehydes is 1. The van der Waals surface area contributed by atoms with Gasteiger partial charge in [0.25, 0.3) is 0 Å². The van der Waals surface area contributed by atoms with Crippen LogP contribution in [0.15, 0.2) is 6.07 Å². The fourth-order valence-corrected chi connectivity index (χ4v) is 1.68. The average Bonchev–Trinajstić information content (AvgIpc) is 2.19. The first-order valence-electron chi connectivity index (χ1n) is 3.83. The second-order valence-electron chi connectivity index (χ2n) is 2.62. The van der Waals surface area contributed by atoms with Crippen LogP contribution in [0, 0.1) is 3.70 Å². The molecule has 0 fully saturated rings. The van der Waals surface area contributed by atoms with E-state index in [-0.39, 0.29) is 21.2 Å². The molecule has 0 amide bonds. The van der Waals surface area contributed by atoms with E-state index in [9.17, 15) is 22.4 Å².